The highest BCUT2D eigenvalue weighted by molar-refractivity contribution is 5.18. The molecule has 2 aromatic rings. The van der Waals surface area contributed by atoms with Crippen molar-refractivity contribution in [2.75, 3.05) is 0 Å². The van der Waals surface area contributed by atoms with Crippen LogP contribution in [0.15, 0.2) is 12.3 Å². The molecule has 19 heavy (non-hydrogen) atoms. The van der Waals surface area contributed by atoms with Crippen molar-refractivity contribution in [2.45, 2.75) is 45.8 Å². The van der Waals surface area contributed by atoms with Crippen LogP contribution in [0.5, 0.6) is 0 Å². The third kappa shape index (κ3) is 2.71. The average Bonchev–Trinajstić information content (AvgIpc) is 3.06. The Bertz CT molecular complexity index is 577. The molecule has 0 aliphatic heterocycles. The summed E-state index contributed by atoms with van der Waals surface area (Å²) in [5.41, 5.74) is 4.78. The largest absolute Gasteiger partial charge is 0.310 e. The Morgan fingerprint density at radius 2 is 2.16 bits per heavy atom. The van der Waals surface area contributed by atoms with E-state index in [4.69, 9.17) is 0 Å². The predicted octanol–water partition coefficient (Wildman–Crippen LogP) is 1.53. The van der Waals surface area contributed by atoms with Crippen LogP contribution in [-0.2, 0) is 20.1 Å². The minimum Gasteiger partial charge on any atom is -0.310 e. The topological polar surface area (TPSA) is 47.7 Å². The van der Waals surface area contributed by atoms with Gasteiger partial charge >= 0.3 is 0 Å². The molecule has 0 bridgehead atoms. The number of nitrogens with one attached hydrogen (secondary N) is 1. The van der Waals surface area contributed by atoms with E-state index >= 15 is 0 Å². The van der Waals surface area contributed by atoms with Crippen LogP contribution in [0.4, 0.5) is 0 Å². The zero-order chi connectivity index (χ0) is 13.4. The van der Waals surface area contributed by atoms with Crippen molar-refractivity contribution in [3.05, 3.63) is 34.9 Å². The number of aromatic nitrogens is 4. The fourth-order valence-electron chi connectivity index (χ4n) is 2.33. The first-order valence-corrected chi connectivity index (χ1v) is 6.87. The molecule has 102 valence electrons. The first-order valence-electron chi connectivity index (χ1n) is 6.87. The van der Waals surface area contributed by atoms with Gasteiger partial charge < -0.3 is 5.32 Å². The molecule has 0 spiro atoms. The van der Waals surface area contributed by atoms with Gasteiger partial charge in [-0.3, -0.25) is 9.36 Å². The van der Waals surface area contributed by atoms with Crippen LogP contribution in [0.2, 0.25) is 0 Å². The summed E-state index contributed by atoms with van der Waals surface area (Å²) in [6.45, 7) is 5.87. The molecule has 0 aromatic carbocycles. The van der Waals surface area contributed by atoms with Gasteiger partial charge in [0, 0.05) is 30.9 Å². The standard InChI is InChI=1S/C14H21N5/c1-10-6-14(18(3)17-10)9-19-11(2)12(8-16-19)7-15-13-4-5-13/h6,8,13,15H,4-5,7,9H2,1-3H3. The van der Waals surface area contributed by atoms with Crippen LogP contribution in [0.1, 0.15) is 35.5 Å². The Kier molecular flexibility index (Phi) is 3.14. The molecule has 0 unspecified atom stereocenters. The molecule has 2 heterocycles. The van der Waals surface area contributed by atoms with Crippen LogP contribution in [0.3, 0.4) is 0 Å². The fourth-order valence-corrected chi connectivity index (χ4v) is 2.33. The van der Waals surface area contributed by atoms with Gasteiger partial charge in [0.1, 0.15) is 0 Å². The van der Waals surface area contributed by atoms with Crippen molar-refractivity contribution in [2.24, 2.45) is 7.05 Å². The lowest BCUT2D eigenvalue weighted by molar-refractivity contribution is 0.604. The molecule has 1 saturated carbocycles. The van der Waals surface area contributed by atoms with Gasteiger partial charge in [-0.05, 0) is 32.8 Å². The van der Waals surface area contributed by atoms with Crippen LogP contribution in [0, 0.1) is 13.8 Å². The van der Waals surface area contributed by atoms with Crippen LogP contribution >= 0.6 is 0 Å². The third-order valence-corrected chi connectivity index (χ3v) is 3.77. The second-order valence-corrected chi connectivity index (χ2v) is 5.47. The van der Waals surface area contributed by atoms with Crippen molar-refractivity contribution in [1.29, 1.82) is 0 Å². The van der Waals surface area contributed by atoms with Gasteiger partial charge in [0.25, 0.3) is 0 Å². The normalized spacial score (nSPS) is 15.1. The van der Waals surface area contributed by atoms with E-state index in [0.29, 0.717) is 0 Å². The summed E-state index contributed by atoms with van der Waals surface area (Å²) in [5, 5.41) is 12.4. The zero-order valence-electron chi connectivity index (χ0n) is 11.8. The summed E-state index contributed by atoms with van der Waals surface area (Å²) in [4.78, 5) is 0. The highest BCUT2D eigenvalue weighted by Gasteiger charge is 2.20. The quantitative estimate of drug-likeness (QED) is 0.886. The average molecular weight is 259 g/mol. The van der Waals surface area contributed by atoms with Gasteiger partial charge in [0.15, 0.2) is 0 Å². The van der Waals surface area contributed by atoms with Crippen molar-refractivity contribution in [3.8, 4) is 0 Å². The first kappa shape index (κ1) is 12.4. The minimum atomic E-state index is 0.738. The van der Waals surface area contributed by atoms with Gasteiger partial charge in [-0.15, -0.1) is 0 Å². The smallest absolute Gasteiger partial charge is 0.0831 e. The van der Waals surface area contributed by atoms with Crippen molar-refractivity contribution >= 4 is 0 Å². The molecule has 1 aliphatic rings. The molecule has 1 aliphatic carbocycles. The monoisotopic (exact) mass is 259 g/mol. The summed E-state index contributed by atoms with van der Waals surface area (Å²) in [5.74, 6) is 0. The van der Waals surface area contributed by atoms with Crippen LogP contribution in [0.25, 0.3) is 0 Å². The molecule has 5 heteroatoms. The highest BCUT2D eigenvalue weighted by atomic mass is 15.3. The van der Waals surface area contributed by atoms with E-state index in [-0.39, 0.29) is 0 Å². The summed E-state index contributed by atoms with van der Waals surface area (Å²) >= 11 is 0. The molecule has 1 N–H and O–H groups in total. The molecule has 0 saturated heterocycles. The summed E-state index contributed by atoms with van der Waals surface area (Å²) in [6.07, 6.45) is 4.62. The predicted molar refractivity (Wildman–Crippen MR) is 73.9 cm³/mol. The molecular formula is C14H21N5. The molecule has 2 aromatic heterocycles. The van der Waals surface area contributed by atoms with Gasteiger partial charge in [-0.25, -0.2) is 0 Å². The molecule has 3 rings (SSSR count). The van der Waals surface area contributed by atoms with E-state index in [1.54, 1.807) is 0 Å². The van der Waals surface area contributed by atoms with E-state index in [1.165, 1.54) is 29.8 Å². The maximum Gasteiger partial charge on any atom is 0.0831 e. The highest BCUT2D eigenvalue weighted by Crippen LogP contribution is 2.20. The van der Waals surface area contributed by atoms with E-state index in [2.05, 4.69) is 33.2 Å². The van der Waals surface area contributed by atoms with Crippen molar-refractivity contribution in [3.63, 3.8) is 0 Å². The number of hydrogen-bond acceptors (Lipinski definition) is 3. The maximum absolute atomic E-state index is 4.50. The lowest BCUT2D eigenvalue weighted by atomic mass is 10.2. The Hall–Kier alpha value is -1.62. The summed E-state index contributed by atoms with van der Waals surface area (Å²) < 4.78 is 3.99. The van der Waals surface area contributed by atoms with Gasteiger partial charge in [-0.2, -0.15) is 10.2 Å². The number of hydrogen-bond donors (Lipinski definition) is 1. The van der Waals surface area contributed by atoms with E-state index in [1.807, 2.05) is 24.9 Å². The van der Waals surface area contributed by atoms with Gasteiger partial charge in [0.2, 0.25) is 0 Å². The Morgan fingerprint density at radius 3 is 2.79 bits per heavy atom. The van der Waals surface area contributed by atoms with E-state index < -0.39 is 0 Å². The zero-order valence-corrected chi connectivity index (χ0v) is 11.8. The molecule has 0 amide bonds. The lowest BCUT2D eigenvalue weighted by Crippen LogP contribution is -2.16. The van der Waals surface area contributed by atoms with E-state index in [0.717, 1.165) is 24.8 Å². The Morgan fingerprint density at radius 1 is 1.37 bits per heavy atom. The molecule has 0 radical (unpaired) electrons. The Balaban J connectivity index is 1.72. The number of nitrogens with zero attached hydrogens (tertiary/aromatic N) is 4. The van der Waals surface area contributed by atoms with Crippen LogP contribution in [-0.4, -0.2) is 25.6 Å². The van der Waals surface area contributed by atoms with Crippen molar-refractivity contribution < 1.29 is 0 Å². The fraction of sp³-hybridized carbons (Fsp3) is 0.571. The molecule has 5 nitrogen and oxygen atoms in total. The molecule has 0 atom stereocenters. The van der Waals surface area contributed by atoms with Crippen LogP contribution < -0.4 is 5.32 Å². The van der Waals surface area contributed by atoms with E-state index in [9.17, 15) is 0 Å². The number of rotatable bonds is 5. The summed E-state index contributed by atoms with van der Waals surface area (Å²) in [7, 11) is 1.98. The minimum absolute atomic E-state index is 0.738. The first-order chi connectivity index (χ1) is 9.13. The van der Waals surface area contributed by atoms with Crippen molar-refractivity contribution in [1.82, 2.24) is 24.9 Å². The Labute approximate surface area is 113 Å². The lowest BCUT2D eigenvalue weighted by Gasteiger charge is -2.06. The SMILES string of the molecule is Cc1cc(Cn2ncc(CNC3CC3)c2C)n(C)n1. The maximum atomic E-state index is 4.50. The molecule has 1 fully saturated rings. The summed E-state index contributed by atoms with van der Waals surface area (Å²) in [6, 6.07) is 2.85. The van der Waals surface area contributed by atoms with Gasteiger partial charge in [0.05, 0.1) is 24.1 Å². The second kappa shape index (κ2) is 4.81. The molecular weight excluding hydrogens is 238 g/mol. The van der Waals surface area contributed by atoms with Gasteiger partial charge in [-0.1, -0.05) is 0 Å². The number of aryl methyl sites for hydroxylation is 2. The second-order valence-electron chi connectivity index (χ2n) is 5.47. The third-order valence-electron chi connectivity index (χ3n) is 3.77.